The molecule has 156 valence electrons. The fourth-order valence-corrected chi connectivity index (χ4v) is 4.53. The molecule has 0 unspecified atom stereocenters. The normalized spacial score (nSPS) is 18.1. The average molecular weight is 396 g/mol. The molecule has 1 heterocycles. The van der Waals surface area contributed by atoms with Crippen LogP contribution in [0.4, 0.5) is 5.69 Å². The van der Waals surface area contributed by atoms with Gasteiger partial charge in [-0.3, -0.25) is 4.79 Å². The Kier molecular flexibility index (Phi) is 5.90. The van der Waals surface area contributed by atoms with Crippen LogP contribution >= 0.6 is 0 Å². The summed E-state index contributed by atoms with van der Waals surface area (Å²) in [5, 5.41) is 10.0. The van der Waals surface area contributed by atoms with Crippen molar-refractivity contribution in [2.75, 3.05) is 12.4 Å². The van der Waals surface area contributed by atoms with E-state index in [1.807, 2.05) is 56.4 Å². The highest BCUT2D eigenvalue weighted by Gasteiger charge is 2.38. The number of hydrogen-bond acceptors (Lipinski definition) is 4. The van der Waals surface area contributed by atoms with Crippen molar-refractivity contribution in [1.82, 2.24) is 10.6 Å². The number of carbonyl (C=O) groups excluding carboxylic acids is 1. The van der Waals surface area contributed by atoms with Crippen molar-refractivity contribution in [3.8, 4) is 11.5 Å². The first-order valence-corrected chi connectivity index (χ1v) is 10.2. The number of anilines is 1. The molecule has 0 radical (unpaired) electrons. The number of ether oxygens (including phenoxy) is 1. The molecule has 3 rings (SSSR count). The van der Waals surface area contributed by atoms with E-state index < -0.39 is 0 Å². The maximum atomic E-state index is 12.9. The molecule has 0 bridgehead atoms. The van der Waals surface area contributed by atoms with Crippen LogP contribution in [0, 0.1) is 6.92 Å². The number of amides is 1. The largest absolute Gasteiger partial charge is 0.455 e. The van der Waals surface area contributed by atoms with E-state index >= 15 is 0 Å². The molecule has 5 nitrogen and oxygen atoms in total. The summed E-state index contributed by atoms with van der Waals surface area (Å²) >= 11 is 0. The number of nitrogens with one attached hydrogen (secondary N) is 3. The van der Waals surface area contributed by atoms with Gasteiger partial charge in [0.25, 0.3) is 5.91 Å². The third-order valence-electron chi connectivity index (χ3n) is 5.35. The van der Waals surface area contributed by atoms with Crippen LogP contribution in [-0.2, 0) is 0 Å². The lowest BCUT2D eigenvalue weighted by Gasteiger charge is -2.46. The van der Waals surface area contributed by atoms with Crippen molar-refractivity contribution < 1.29 is 9.53 Å². The summed E-state index contributed by atoms with van der Waals surface area (Å²) in [6, 6.07) is 13.5. The van der Waals surface area contributed by atoms with Crippen LogP contribution in [0.2, 0.25) is 0 Å². The Labute approximate surface area is 174 Å². The van der Waals surface area contributed by atoms with Crippen LogP contribution in [0.3, 0.4) is 0 Å². The Balaban J connectivity index is 1.72. The summed E-state index contributed by atoms with van der Waals surface area (Å²) < 4.78 is 6.02. The second-order valence-electron chi connectivity index (χ2n) is 9.30. The lowest BCUT2D eigenvalue weighted by Crippen LogP contribution is -2.62. The molecule has 0 aliphatic carbocycles. The first-order chi connectivity index (χ1) is 13.6. The average Bonchev–Trinajstić information content (AvgIpc) is 2.59. The summed E-state index contributed by atoms with van der Waals surface area (Å²) in [7, 11) is 1.87. The molecular weight excluding hydrogens is 362 g/mol. The monoisotopic (exact) mass is 395 g/mol. The lowest BCUT2D eigenvalue weighted by atomic mass is 9.79. The van der Waals surface area contributed by atoms with Crippen LogP contribution in [0.25, 0.3) is 0 Å². The molecule has 0 saturated carbocycles. The second kappa shape index (κ2) is 8.07. The van der Waals surface area contributed by atoms with Crippen molar-refractivity contribution >= 4 is 11.6 Å². The van der Waals surface area contributed by atoms with E-state index in [-0.39, 0.29) is 23.0 Å². The fraction of sp³-hybridized carbons (Fsp3) is 0.458. The van der Waals surface area contributed by atoms with Crippen LogP contribution < -0.4 is 20.7 Å². The topological polar surface area (TPSA) is 62.4 Å². The van der Waals surface area contributed by atoms with Crippen LogP contribution in [0.15, 0.2) is 42.5 Å². The Bertz CT molecular complexity index is 873. The molecule has 0 aromatic heterocycles. The molecule has 29 heavy (non-hydrogen) atoms. The van der Waals surface area contributed by atoms with Crippen molar-refractivity contribution in [2.24, 2.45) is 0 Å². The number of aryl methyl sites for hydroxylation is 1. The first kappa shape index (κ1) is 21.2. The first-order valence-electron chi connectivity index (χ1n) is 10.2. The van der Waals surface area contributed by atoms with E-state index in [9.17, 15) is 4.79 Å². The molecule has 2 aromatic carbocycles. The Hall–Kier alpha value is -2.53. The molecular formula is C24H33N3O2. The van der Waals surface area contributed by atoms with E-state index in [4.69, 9.17) is 4.74 Å². The Morgan fingerprint density at radius 1 is 1.07 bits per heavy atom. The molecule has 1 amide bonds. The highest BCUT2D eigenvalue weighted by atomic mass is 16.5. The summed E-state index contributed by atoms with van der Waals surface area (Å²) in [5.41, 5.74) is 2.49. The third kappa shape index (κ3) is 5.30. The van der Waals surface area contributed by atoms with Crippen molar-refractivity contribution in [3.63, 3.8) is 0 Å². The van der Waals surface area contributed by atoms with Crippen LogP contribution in [-0.4, -0.2) is 30.1 Å². The van der Waals surface area contributed by atoms with Gasteiger partial charge in [0, 0.05) is 29.7 Å². The van der Waals surface area contributed by atoms with Crippen molar-refractivity contribution in [2.45, 2.75) is 64.6 Å². The summed E-state index contributed by atoms with van der Waals surface area (Å²) in [5.74, 6) is 1.44. The molecule has 1 fully saturated rings. The van der Waals surface area contributed by atoms with Gasteiger partial charge in [0.1, 0.15) is 11.5 Å². The quantitative estimate of drug-likeness (QED) is 0.676. The predicted octanol–water partition coefficient (Wildman–Crippen LogP) is 4.87. The zero-order valence-electron chi connectivity index (χ0n) is 18.3. The minimum atomic E-state index is -0.0248. The molecule has 0 atom stereocenters. The van der Waals surface area contributed by atoms with Gasteiger partial charge >= 0.3 is 0 Å². The molecule has 1 saturated heterocycles. The fourth-order valence-electron chi connectivity index (χ4n) is 4.53. The summed E-state index contributed by atoms with van der Waals surface area (Å²) in [6.45, 7) is 10.7. The Morgan fingerprint density at radius 2 is 1.72 bits per heavy atom. The van der Waals surface area contributed by atoms with Gasteiger partial charge < -0.3 is 20.7 Å². The van der Waals surface area contributed by atoms with Crippen LogP contribution in [0.5, 0.6) is 11.5 Å². The zero-order valence-corrected chi connectivity index (χ0v) is 18.3. The van der Waals surface area contributed by atoms with E-state index in [0.717, 1.165) is 29.8 Å². The predicted molar refractivity (Wildman–Crippen MR) is 119 cm³/mol. The highest BCUT2D eigenvalue weighted by molar-refractivity contribution is 5.96. The second-order valence-corrected chi connectivity index (χ2v) is 9.30. The lowest BCUT2D eigenvalue weighted by molar-refractivity contribution is 0.0872. The molecule has 2 aromatic rings. The molecule has 1 aliphatic heterocycles. The van der Waals surface area contributed by atoms with Crippen molar-refractivity contribution in [1.29, 1.82) is 0 Å². The minimum absolute atomic E-state index is 0.00680. The van der Waals surface area contributed by atoms with Gasteiger partial charge in [0.15, 0.2) is 0 Å². The van der Waals surface area contributed by atoms with Crippen LogP contribution in [0.1, 0.15) is 56.5 Å². The minimum Gasteiger partial charge on any atom is -0.455 e. The van der Waals surface area contributed by atoms with E-state index in [0.29, 0.717) is 11.3 Å². The number of piperidine rings is 1. The van der Waals surface area contributed by atoms with Gasteiger partial charge in [0.2, 0.25) is 0 Å². The van der Waals surface area contributed by atoms with Gasteiger partial charge in [0.05, 0.1) is 5.69 Å². The van der Waals surface area contributed by atoms with Gasteiger partial charge in [-0.25, -0.2) is 0 Å². The molecule has 5 heteroatoms. The molecule has 1 aliphatic rings. The smallest absolute Gasteiger partial charge is 0.251 e. The highest BCUT2D eigenvalue weighted by Crippen LogP contribution is 2.31. The van der Waals surface area contributed by atoms with E-state index in [1.165, 1.54) is 0 Å². The zero-order chi connectivity index (χ0) is 21.2. The standard InChI is InChI=1S/C24H33N3O2/c1-16-13-18(29-21-10-8-7-9-20(21)25-6)11-12-19(16)22(28)26-17-14-23(2,3)27-24(4,5)15-17/h7-13,17,25,27H,14-15H2,1-6H3,(H,26,28). The molecule has 3 N–H and O–H groups in total. The van der Waals surface area contributed by atoms with E-state index in [1.54, 1.807) is 0 Å². The Morgan fingerprint density at radius 3 is 2.34 bits per heavy atom. The number of rotatable bonds is 5. The van der Waals surface area contributed by atoms with Crippen molar-refractivity contribution in [3.05, 3.63) is 53.6 Å². The molecule has 0 spiro atoms. The number of benzene rings is 2. The maximum absolute atomic E-state index is 12.9. The maximum Gasteiger partial charge on any atom is 0.251 e. The van der Waals surface area contributed by atoms with Gasteiger partial charge in [-0.15, -0.1) is 0 Å². The summed E-state index contributed by atoms with van der Waals surface area (Å²) in [4.78, 5) is 12.9. The van der Waals surface area contributed by atoms with E-state index in [2.05, 4.69) is 43.6 Å². The van der Waals surface area contributed by atoms with Gasteiger partial charge in [-0.2, -0.15) is 0 Å². The van der Waals surface area contributed by atoms with Gasteiger partial charge in [-0.05, 0) is 83.4 Å². The summed E-state index contributed by atoms with van der Waals surface area (Å²) in [6.07, 6.45) is 1.81. The number of para-hydroxylation sites is 2. The number of hydrogen-bond donors (Lipinski definition) is 3. The number of carbonyl (C=O) groups is 1. The third-order valence-corrected chi connectivity index (χ3v) is 5.35. The SMILES string of the molecule is CNc1ccccc1Oc1ccc(C(=O)NC2CC(C)(C)NC(C)(C)C2)c(C)c1. The van der Waals surface area contributed by atoms with Gasteiger partial charge in [-0.1, -0.05) is 12.1 Å².